The summed E-state index contributed by atoms with van der Waals surface area (Å²) in [6.45, 7) is 4.89. The standard InChI is InChI=1S/C22H25FN6O/c1-21-11-22(2,25-12-21)19(23)20(21)28(3)18-7-6-16(26-27-18)15-5-4-14(10-17(15)30)29-9-8-24-13-29/h4-10,13,19-20,25,30H,11-12H2,1-3H3/t19-,20-,21+,22+/m0/s1. The average molecular weight is 408 g/mol. The summed E-state index contributed by atoms with van der Waals surface area (Å²) in [6.07, 6.45) is 4.98. The van der Waals surface area contributed by atoms with Gasteiger partial charge in [-0.25, -0.2) is 9.37 Å². The van der Waals surface area contributed by atoms with E-state index < -0.39 is 11.7 Å². The number of anilines is 1. The topological polar surface area (TPSA) is 79.1 Å². The van der Waals surface area contributed by atoms with Crippen molar-refractivity contribution in [1.82, 2.24) is 25.1 Å². The van der Waals surface area contributed by atoms with Crippen LogP contribution in [0.15, 0.2) is 49.1 Å². The molecule has 5 rings (SSSR count). The van der Waals surface area contributed by atoms with Gasteiger partial charge in [-0.05, 0) is 37.6 Å². The van der Waals surface area contributed by atoms with Gasteiger partial charge in [-0.3, -0.25) is 0 Å². The minimum Gasteiger partial charge on any atom is -0.507 e. The summed E-state index contributed by atoms with van der Waals surface area (Å²) in [4.78, 5) is 5.93. The number of imidazole rings is 1. The highest BCUT2D eigenvalue weighted by atomic mass is 19.1. The predicted molar refractivity (Wildman–Crippen MR) is 112 cm³/mol. The maximum atomic E-state index is 15.2. The van der Waals surface area contributed by atoms with E-state index in [4.69, 9.17) is 0 Å². The number of rotatable bonds is 4. The largest absolute Gasteiger partial charge is 0.507 e. The van der Waals surface area contributed by atoms with Crippen LogP contribution < -0.4 is 10.2 Å². The molecule has 1 saturated carbocycles. The lowest BCUT2D eigenvalue weighted by molar-refractivity contribution is 0.140. The Bertz CT molecular complexity index is 1070. The lowest BCUT2D eigenvalue weighted by Crippen LogP contribution is -2.59. The molecule has 0 unspecified atom stereocenters. The quantitative estimate of drug-likeness (QED) is 0.691. The molecule has 0 spiro atoms. The van der Waals surface area contributed by atoms with Crippen molar-refractivity contribution in [3.8, 4) is 22.7 Å². The zero-order valence-corrected chi connectivity index (χ0v) is 17.2. The number of phenolic OH excluding ortho intramolecular Hbond substituents is 1. The second-order valence-electron chi connectivity index (χ2n) is 9.01. The van der Waals surface area contributed by atoms with E-state index in [0.29, 0.717) is 17.1 Å². The van der Waals surface area contributed by atoms with Crippen LogP contribution in [-0.2, 0) is 0 Å². The first-order valence-corrected chi connectivity index (χ1v) is 10.1. The summed E-state index contributed by atoms with van der Waals surface area (Å²) in [5.41, 5.74) is 1.33. The fraction of sp³-hybridized carbons (Fsp3) is 0.409. The molecule has 3 aromatic rings. The lowest BCUT2D eigenvalue weighted by Gasteiger charge is -2.42. The molecule has 1 aliphatic heterocycles. The highest BCUT2D eigenvalue weighted by molar-refractivity contribution is 5.69. The number of halogens is 1. The van der Waals surface area contributed by atoms with Gasteiger partial charge in [0.1, 0.15) is 11.9 Å². The number of fused-ring (bicyclic) bond motifs is 2. The van der Waals surface area contributed by atoms with E-state index in [1.165, 1.54) is 0 Å². The molecule has 2 bridgehead atoms. The van der Waals surface area contributed by atoms with Gasteiger partial charge in [-0.1, -0.05) is 6.92 Å². The summed E-state index contributed by atoms with van der Waals surface area (Å²) in [7, 11) is 1.88. The Morgan fingerprint density at radius 2 is 2.07 bits per heavy atom. The predicted octanol–water partition coefficient (Wildman–Crippen LogP) is 2.95. The first-order chi connectivity index (χ1) is 14.3. The molecule has 0 amide bonds. The first-order valence-electron chi connectivity index (χ1n) is 10.1. The normalized spacial score (nSPS) is 30.0. The zero-order valence-electron chi connectivity index (χ0n) is 17.2. The third kappa shape index (κ3) is 2.78. The maximum absolute atomic E-state index is 15.2. The van der Waals surface area contributed by atoms with E-state index >= 15 is 4.39 Å². The van der Waals surface area contributed by atoms with Gasteiger partial charge in [0.25, 0.3) is 0 Å². The molecule has 4 atom stereocenters. The fourth-order valence-electron chi connectivity index (χ4n) is 5.25. The van der Waals surface area contributed by atoms with Gasteiger partial charge in [0, 0.05) is 48.6 Å². The minimum atomic E-state index is -0.984. The smallest absolute Gasteiger partial charge is 0.151 e. The number of nitrogens with zero attached hydrogens (tertiary/aromatic N) is 5. The molecule has 1 aromatic carbocycles. The van der Waals surface area contributed by atoms with E-state index in [1.807, 2.05) is 47.8 Å². The number of alkyl halides is 1. The van der Waals surface area contributed by atoms with Crippen LogP contribution in [0, 0.1) is 5.41 Å². The van der Waals surface area contributed by atoms with Crippen molar-refractivity contribution in [3.63, 3.8) is 0 Å². The molecule has 1 saturated heterocycles. The van der Waals surface area contributed by atoms with Gasteiger partial charge < -0.3 is 19.9 Å². The number of hydrogen-bond donors (Lipinski definition) is 2. The van der Waals surface area contributed by atoms with Crippen LogP contribution in [0.4, 0.5) is 10.2 Å². The Balaban J connectivity index is 1.40. The number of benzene rings is 1. The molecule has 3 heterocycles. The van der Waals surface area contributed by atoms with Crippen LogP contribution in [0.25, 0.3) is 16.9 Å². The van der Waals surface area contributed by atoms with E-state index in [-0.39, 0.29) is 17.2 Å². The molecule has 156 valence electrons. The number of piperidine rings is 1. The Kier molecular flexibility index (Phi) is 4.12. The van der Waals surface area contributed by atoms with Gasteiger partial charge in [0.15, 0.2) is 5.82 Å². The zero-order chi connectivity index (χ0) is 21.1. The van der Waals surface area contributed by atoms with Crippen molar-refractivity contribution in [1.29, 1.82) is 0 Å². The molecule has 30 heavy (non-hydrogen) atoms. The first kappa shape index (κ1) is 19.0. The van der Waals surface area contributed by atoms with Crippen LogP contribution >= 0.6 is 0 Å². The van der Waals surface area contributed by atoms with Gasteiger partial charge in [0.2, 0.25) is 0 Å². The fourth-order valence-corrected chi connectivity index (χ4v) is 5.25. The number of nitrogens with one attached hydrogen (secondary N) is 1. The second kappa shape index (κ2) is 6.50. The van der Waals surface area contributed by atoms with Gasteiger partial charge in [0.05, 0.1) is 23.8 Å². The van der Waals surface area contributed by atoms with E-state index in [1.54, 1.807) is 24.7 Å². The molecule has 8 heteroatoms. The number of aromatic hydroxyl groups is 1. The van der Waals surface area contributed by atoms with Gasteiger partial charge >= 0.3 is 0 Å². The highest BCUT2D eigenvalue weighted by Gasteiger charge is 2.63. The van der Waals surface area contributed by atoms with Crippen molar-refractivity contribution < 1.29 is 9.50 Å². The monoisotopic (exact) mass is 408 g/mol. The molecule has 2 aliphatic rings. The van der Waals surface area contributed by atoms with E-state index in [2.05, 4.69) is 27.4 Å². The van der Waals surface area contributed by atoms with Crippen LogP contribution in [-0.4, -0.2) is 56.2 Å². The molecular formula is C22H25FN6O. The Labute approximate surface area is 174 Å². The van der Waals surface area contributed by atoms with E-state index in [9.17, 15) is 5.11 Å². The molecule has 7 nitrogen and oxygen atoms in total. The molecule has 2 aromatic heterocycles. The summed E-state index contributed by atoms with van der Waals surface area (Å²) < 4.78 is 17.0. The van der Waals surface area contributed by atoms with Crippen LogP contribution in [0.1, 0.15) is 20.3 Å². The van der Waals surface area contributed by atoms with Crippen molar-refractivity contribution in [2.75, 3.05) is 18.5 Å². The van der Waals surface area contributed by atoms with Crippen molar-refractivity contribution in [2.24, 2.45) is 5.41 Å². The minimum absolute atomic E-state index is 0.111. The third-order valence-electron chi connectivity index (χ3n) is 6.76. The molecule has 0 radical (unpaired) electrons. The summed E-state index contributed by atoms with van der Waals surface area (Å²) in [5, 5.41) is 22.5. The van der Waals surface area contributed by atoms with Crippen LogP contribution in [0.3, 0.4) is 0 Å². The summed E-state index contributed by atoms with van der Waals surface area (Å²) >= 11 is 0. The van der Waals surface area contributed by atoms with Crippen LogP contribution in [0.5, 0.6) is 5.75 Å². The summed E-state index contributed by atoms with van der Waals surface area (Å²) in [5.74, 6) is 0.735. The highest BCUT2D eigenvalue weighted by Crippen LogP contribution is 2.52. The third-order valence-corrected chi connectivity index (χ3v) is 6.76. The molecule has 1 aliphatic carbocycles. The van der Waals surface area contributed by atoms with Crippen molar-refractivity contribution >= 4 is 5.82 Å². The number of hydrogen-bond acceptors (Lipinski definition) is 6. The van der Waals surface area contributed by atoms with Crippen molar-refractivity contribution in [3.05, 3.63) is 49.1 Å². The molecular weight excluding hydrogens is 383 g/mol. The maximum Gasteiger partial charge on any atom is 0.151 e. The lowest BCUT2D eigenvalue weighted by atomic mass is 9.84. The summed E-state index contributed by atoms with van der Waals surface area (Å²) in [6, 6.07) is 8.74. The average Bonchev–Trinajstić information content (AvgIpc) is 3.41. The molecule has 2 N–H and O–H groups in total. The van der Waals surface area contributed by atoms with Crippen molar-refractivity contribution in [2.45, 2.75) is 38.0 Å². The SMILES string of the molecule is CN(c1ccc(-c2ccc(-n3ccnc3)cc2O)nn1)[C@H]1[C@H](F)[C@@]2(C)C[C@]1(C)CN2. The Morgan fingerprint density at radius 3 is 2.67 bits per heavy atom. The Hall–Kier alpha value is -3.00. The van der Waals surface area contributed by atoms with Gasteiger partial charge in [-0.15, -0.1) is 10.2 Å². The van der Waals surface area contributed by atoms with Crippen LogP contribution in [0.2, 0.25) is 0 Å². The number of aromatic nitrogens is 4. The second-order valence-corrected chi connectivity index (χ2v) is 9.01. The Morgan fingerprint density at radius 1 is 1.23 bits per heavy atom. The molecule has 2 fully saturated rings. The van der Waals surface area contributed by atoms with Gasteiger partial charge in [-0.2, -0.15) is 0 Å². The number of phenols is 1. The van der Waals surface area contributed by atoms with E-state index in [0.717, 1.165) is 18.7 Å².